The molecule has 0 spiro atoms. The molecule has 1 aliphatic rings. The Labute approximate surface area is 314 Å². The van der Waals surface area contributed by atoms with Crippen LogP contribution in [-0.2, 0) is 61.4 Å². The average molecular weight is 730 g/mol. The van der Waals surface area contributed by atoms with Crippen LogP contribution in [0.3, 0.4) is 0 Å². The quantitative estimate of drug-likeness (QED) is 0.0895. The van der Waals surface area contributed by atoms with Crippen molar-refractivity contribution in [2.45, 2.75) is 165 Å². The predicted molar refractivity (Wildman–Crippen MR) is 212 cm³/mol. The van der Waals surface area contributed by atoms with Crippen molar-refractivity contribution in [3.8, 4) is 0 Å². The third-order valence-corrected chi connectivity index (χ3v) is 9.87. The van der Waals surface area contributed by atoms with Crippen LogP contribution in [0.25, 0.3) is 16.9 Å². The van der Waals surface area contributed by atoms with E-state index >= 15 is 0 Å². The molecule has 0 aliphatic carbocycles. The zero-order valence-electron chi connectivity index (χ0n) is 33.5. The van der Waals surface area contributed by atoms with Gasteiger partial charge in [-0.1, -0.05) is 112 Å². The Morgan fingerprint density at radius 2 is 1.00 bits per heavy atom. The number of benzene rings is 2. The van der Waals surface area contributed by atoms with Gasteiger partial charge in [0.15, 0.2) is 0 Å². The van der Waals surface area contributed by atoms with E-state index in [9.17, 15) is 5.53 Å². The van der Waals surface area contributed by atoms with Gasteiger partial charge < -0.3 is 5.53 Å². The van der Waals surface area contributed by atoms with Gasteiger partial charge in [-0.25, -0.2) is 4.70 Å². The fourth-order valence-corrected chi connectivity index (χ4v) is 7.51. The molecular formula is C45H70N2NiO2. The van der Waals surface area contributed by atoms with E-state index in [1.54, 1.807) is 30.0 Å². The monoisotopic (exact) mass is 728 g/mol. The van der Waals surface area contributed by atoms with Crippen LogP contribution in [0.15, 0.2) is 47.6 Å². The molecule has 4 nitrogen and oxygen atoms in total. The van der Waals surface area contributed by atoms with E-state index in [1.165, 1.54) is 70.2 Å². The summed E-state index contributed by atoms with van der Waals surface area (Å²) in [5.41, 5.74) is 28.2. The molecule has 0 saturated heterocycles. The summed E-state index contributed by atoms with van der Waals surface area (Å²) in [7, 11) is 3.12. The van der Waals surface area contributed by atoms with E-state index in [0.29, 0.717) is 0 Å². The summed E-state index contributed by atoms with van der Waals surface area (Å²) in [6, 6.07) is 9.71. The molecule has 282 valence electrons. The van der Waals surface area contributed by atoms with Crippen molar-refractivity contribution >= 4 is 11.4 Å². The van der Waals surface area contributed by atoms with E-state index in [1.807, 2.05) is 0 Å². The molecule has 2 aromatic rings. The summed E-state index contributed by atoms with van der Waals surface area (Å²) in [6.45, 7) is 18.3. The number of rotatable bonds is 22. The Balaban J connectivity index is 0.00000161. The number of allylic oxidation sites excluding steroid dienone is 4. The van der Waals surface area contributed by atoms with E-state index < -0.39 is 0 Å². The average Bonchev–Trinajstić information content (AvgIpc) is 3.39. The van der Waals surface area contributed by atoms with Crippen LogP contribution in [0.4, 0.5) is 0 Å². The summed E-state index contributed by atoms with van der Waals surface area (Å²) in [5.74, 6) is 0. The molecule has 2 aromatic carbocycles. The minimum atomic E-state index is 0.819. The molecular weight excluding hydrogens is 659 g/mol. The van der Waals surface area contributed by atoms with Crippen molar-refractivity contribution in [3.05, 3.63) is 97.6 Å². The van der Waals surface area contributed by atoms with Crippen LogP contribution in [-0.4, -0.2) is 18.9 Å². The molecule has 0 N–H and O–H groups in total. The minimum absolute atomic E-state index is 0.819. The van der Waals surface area contributed by atoms with Gasteiger partial charge >= 0.3 is 37.1 Å². The molecule has 3 rings (SSSR count). The van der Waals surface area contributed by atoms with Crippen LogP contribution in [0.2, 0.25) is 0 Å². The van der Waals surface area contributed by atoms with Gasteiger partial charge in [-0.2, -0.15) is 0 Å². The van der Waals surface area contributed by atoms with Gasteiger partial charge in [0.1, 0.15) is 0 Å². The summed E-state index contributed by atoms with van der Waals surface area (Å²) >= 11 is 0.819. The summed E-state index contributed by atoms with van der Waals surface area (Å²) < 4.78 is 10.4. The van der Waals surface area contributed by atoms with Crippen molar-refractivity contribution in [2.75, 3.05) is 14.2 Å². The standard InChI is InChI=1S/C43H64N2.2CH3O.Ni/c1-9-17-20-27-41-38(16-8)42(36-28-32(21-12-4)39(25-18-10-2)33(29-36)22-13-5)45(44)43(41)37-30-34(23-14-6)40(26-19-11-3)35(31-37)24-15-7;2*1-2;/h20,27-31H,9-19,21-26H2,1-8H3;2*1H3;/q;2*-1;+2. The van der Waals surface area contributed by atoms with Crippen LogP contribution in [0, 0.1) is 0 Å². The van der Waals surface area contributed by atoms with Crippen molar-refractivity contribution in [1.82, 2.24) is 0 Å². The molecule has 1 aliphatic heterocycles. The first-order valence-electron chi connectivity index (χ1n) is 19.9. The summed E-state index contributed by atoms with van der Waals surface area (Å²) in [5, 5.41) is 0. The fourth-order valence-electron chi connectivity index (χ4n) is 7.34. The Morgan fingerprint density at radius 1 is 0.580 bits per heavy atom. The van der Waals surface area contributed by atoms with Gasteiger partial charge in [0.05, 0.1) is 5.57 Å². The first kappa shape index (κ1) is 43.8. The molecule has 0 atom stereocenters. The SMILES string of the molecule is CCCC=CC1=C(c2cc(CCC)c(CCCC)c(CCC)c2)[N+](=[N-])C(c2cc(CCC)c(CCCC)c(CCC)c2)=C1CC.C[O][Ni][O]C. The molecule has 5 heteroatoms. The number of unbranched alkanes of at least 4 members (excludes halogenated alkanes) is 3. The third-order valence-electron chi connectivity index (χ3n) is 9.54. The van der Waals surface area contributed by atoms with Crippen LogP contribution in [0.5, 0.6) is 0 Å². The van der Waals surface area contributed by atoms with Crippen molar-refractivity contribution in [1.29, 1.82) is 0 Å². The van der Waals surface area contributed by atoms with Crippen LogP contribution >= 0.6 is 0 Å². The molecule has 0 unspecified atom stereocenters. The zero-order chi connectivity index (χ0) is 36.9. The molecule has 0 amide bonds. The maximum absolute atomic E-state index is 12.4. The molecule has 0 radical (unpaired) electrons. The second kappa shape index (κ2) is 24.8. The van der Waals surface area contributed by atoms with Gasteiger partial charge in [0, 0.05) is 16.7 Å². The first-order chi connectivity index (χ1) is 24.3. The first-order valence-corrected chi connectivity index (χ1v) is 20.7. The third kappa shape index (κ3) is 12.1. The zero-order valence-corrected chi connectivity index (χ0v) is 34.5. The van der Waals surface area contributed by atoms with E-state index in [4.69, 9.17) is 0 Å². The Hall–Kier alpha value is -2.33. The maximum atomic E-state index is 12.4. The van der Waals surface area contributed by atoms with E-state index in [2.05, 4.69) is 99.6 Å². The number of aryl methyl sites for hydroxylation is 4. The predicted octanol–water partition coefficient (Wildman–Crippen LogP) is 13.3. The van der Waals surface area contributed by atoms with Gasteiger partial charge in [0.25, 0.3) is 0 Å². The molecule has 50 heavy (non-hydrogen) atoms. The molecule has 0 fully saturated rings. The van der Waals surface area contributed by atoms with Crippen LogP contribution < -0.4 is 0 Å². The second-order valence-electron chi connectivity index (χ2n) is 13.5. The second-order valence-corrected chi connectivity index (χ2v) is 14.5. The van der Waals surface area contributed by atoms with E-state index in [-0.39, 0.29) is 0 Å². The van der Waals surface area contributed by atoms with Gasteiger partial charge in [-0.05, 0) is 122 Å². The molecule has 1 heterocycles. The van der Waals surface area contributed by atoms with Gasteiger partial charge in [0.2, 0.25) is 11.4 Å². The fraction of sp³-hybridized carbons (Fsp3) is 0.600. The van der Waals surface area contributed by atoms with Gasteiger partial charge in [-0.15, -0.1) is 0 Å². The van der Waals surface area contributed by atoms with Crippen molar-refractivity contribution < 1.29 is 27.5 Å². The normalized spacial score (nSPS) is 13.3. The van der Waals surface area contributed by atoms with E-state index in [0.717, 1.165) is 110 Å². The van der Waals surface area contributed by atoms with Crippen LogP contribution in [0.1, 0.15) is 171 Å². The molecule has 0 bridgehead atoms. The van der Waals surface area contributed by atoms with Crippen molar-refractivity contribution in [2.24, 2.45) is 0 Å². The van der Waals surface area contributed by atoms with Gasteiger partial charge in [-0.3, -0.25) is 0 Å². The van der Waals surface area contributed by atoms with Crippen molar-refractivity contribution in [3.63, 3.8) is 0 Å². The Morgan fingerprint density at radius 3 is 1.32 bits per heavy atom. The summed E-state index contributed by atoms with van der Waals surface area (Å²) in [4.78, 5) is 0. The Kier molecular flexibility index (Phi) is 21.7. The molecule has 0 saturated carbocycles. The Bertz CT molecular complexity index is 1380. The number of hydrogen-bond acceptors (Lipinski definition) is 2. The molecule has 0 aromatic heterocycles. The summed E-state index contributed by atoms with van der Waals surface area (Å²) in [6.07, 6.45) is 23.8. The topological polar surface area (TPSA) is 43.8 Å². The number of hydrogen-bond donors (Lipinski definition) is 0. The number of nitrogens with zero attached hydrogens (tertiary/aromatic N) is 2.